The second kappa shape index (κ2) is 16.8. The van der Waals surface area contributed by atoms with Gasteiger partial charge in [0.1, 0.15) is 6.04 Å². The average molecular weight is 399 g/mol. The number of nitrogens with two attached hydrogens (primary N) is 1. The highest BCUT2D eigenvalue weighted by Gasteiger charge is 2.23. The summed E-state index contributed by atoms with van der Waals surface area (Å²) in [6.45, 7) is 3.97. The van der Waals surface area contributed by atoms with E-state index in [1.807, 2.05) is 0 Å². The first kappa shape index (κ1) is 24.9. The highest BCUT2D eigenvalue weighted by molar-refractivity contribution is 5.76. The van der Waals surface area contributed by atoms with Gasteiger partial charge < -0.3 is 20.5 Å². The molecule has 0 bridgehead atoms. The zero-order chi connectivity index (χ0) is 20.5. The van der Waals surface area contributed by atoms with Crippen LogP contribution in [0.15, 0.2) is 0 Å². The normalized spacial score (nSPS) is 17.4. The summed E-state index contributed by atoms with van der Waals surface area (Å²) in [5, 5.41) is 3.12. The van der Waals surface area contributed by atoms with Crippen molar-refractivity contribution in [1.82, 2.24) is 5.32 Å². The van der Waals surface area contributed by atoms with E-state index in [4.69, 9.17) is 15.2 Å². The van der Waals surface area contributed by atoms with Gasteiger partial charge in [0.25, 0.3) is 0 Å². The molecule has 0 saturated carbocycles. The second-order valence-corrected chi connectivity index (χ2v) is 7.97. The van der Waals surface area contributed by atoms with E-state index >= 15 is 0 Å². The van der Waals surface area contributed by atoms with Crippen LogP contribution in [0.5, 0.6) is 0 Å². The number of hydrogen-bond donors (Lipinski definition) is 2. The molecule has 164 valence electrons. The minimum atomic E-state index is -0.237. The number of ether oxygens (including phenoxy) is 2. The van der Waals surface area contributed by atoms with Gasteiger partial charge in [-0.3, -0.25) is 9.59 Å². The van der Waals surface area contributed by atoms with E-state index < -0.39 is 0 Å². The van der Waals surface area contributed by atoms with Crippen molar-refractivity contribution in [3.05, 3.63) is 0 Å². The summed E-state index contributed by atoms with van der Waals surface area (Å²) in [6.07, 6.45) is 14.6. The van der Waals surface area contributed by atoms with Gasteiger partial charge in [-0.15, -0.1) is 0 Å². The summed E-state index contributed by atoms with van der Waals surface area (Å²) in [4.78, 5) is 23.6. The standard InChI is InChI=1S/C22H42N2O4/c1-2-3-4-5-6-7-8-9-10-16-27-21(25)18-19(23)13-12-17-28-22(26)20-14-11-15-24-20/h19-20,24H,2-18,23H2,1H3/t19-,20?/m0/s1. The summed E-state index contributed by atoms with van der Waals surface area (Å²) >= 11 is 0. The van der Waals surface area contributed by atoms with Crippen molar-refractivity contribution in [2.75, 3.05) is 19.8 Å². The lowest BCUT2D eigenvalue weighted by Crippen LogP contribution is -2.32. The van der Waals surface area contributed by atoms with Gasteiger partial charge in [0, 0.05) is 6.04 Å². The molecule has 2 atom stereocenters. The third-order valence-electron chi connectivity index (χ3n) is 5.25. The van der Waals surface area contributed by atoms with Crippen LogP contribution in [0.3, 0.4) is 0 Å². The molecule has 1 rings (SSSR count). The number of hydrogen-bond acceptors (Lipinski definition) is 6. The summed E-state index contributed by atoms with van der Waals surface area (Å²) in [5.74, 6) is -0.398. The van der Waals surface area contributed by atoms with E-state index in [-0.39, 0.29) is 30.4 Å². The first-order valence-corrected chi connectivity index (χ1v) is 11.4. The molecule has 0 aromatic rings. The van der Waals surface area contributed by atoms with Gasteiger partial charge in [0.05, 0.1) is 19.6 Å². The molecule has 1 aliphatic heterocycles. The van der Waals surface area contributed by atoms with Gasteiger partial charge in [-0.05, 0) is 38.6 Å². The van der Waals surface area contributed by atoms with Gasteiger partial charge in [0.2, 0.25) is 0 Å². The Morgan fingerprint density at radius 3 is 2.25 bits per heavy atom. The number of nitrogens with one attached hydrogen (secondary N) is 1. The van der Waals surface area contributed by atoms with Crippen LogP contribution in [-0.2, 0) is 19.1 Å². The van der Waals surface area contributed by atoms with Gasteiger partial charge in [-0.1, -0.05) is 58.3 Å². The van der Waals surface area contributed by atoms with Crippen LogP contribution in [-0.4, -0.2) is 43.8 Å². The lowest BCUT2D eigenvalue weighted by molar-refractivity contribution is -0.146. The molecule has 1 unspecified atom stereocenters. The fourth-order valence-corrected chi connectivity index (χ4v) is 3.48. The minimum absolute atomic E-state index is 0.148. The summed E-state index contributed by atoms with van der Waals surface area (Å²) in [6, 6.07) is -0.386. The van der Waals surface area contributed by atoms with Crippen LogP contribution in [0, 0.1) is 0 Å². The van der Waals surface area contributed by atoms with Crippen molar-refractivity contribution in [1.29, 1.82) is 0 Å². The Hall–Kier alpha value is -1.14. The largest absolute Gasteiger partial charge is 0.466 e. The Labute approximate surface area is 171 Å². The minimum Gasteiger partial charge on any atom is -0.466 e. The first-order valence-electron chi connectivity index (χ1n) is 11.4. The van der Waals surface area contributed by atoms with E-state index in [2.05, 4.69) is 12.2 Å². The molecule has 28 heavy (non-hydrogen) atoms. The number of unbranched alkanes of at least 4 members (excludes halogenated alkanes) is 8. The lowest BCUT2D eigenvalue weighted by atomic mass is 10.1. The molecule has 6 heteroatoms. The molecule has 0 aromatic carbocycles. The fraction of sp³-hybridized carbons (Fsp3) is 0.909. The molecule has 0 spiro atoms. The zero-order valence-corrected chi connectivity index (χ0v) is 17.9. The molecule has 1 heterocycles. The third kappa shape index (κ3) is 13.1. The fourth-order valence-electron chi connectivity index (χ4n) is 3.48. The Kier molecular flexibility index (Phi) is 14.9. The SMILES string of the molecule is CCCCCCCCCCCOC(=O)C[C@@H](N)CCCOC(=O)C1CCCN1. The maximum atomic E-state index is 11.8. The zero-order valence-electron chi connectivity index (χ0n) is 17.9. The average Bonchev–Trinajstić information content (AvgIpc) is 3.21. The van der Waals surface area contributed by atoms with Crippen molar-refractivity contribution in [2.45, 2.75) is 109 Å². The number of carbonyl (C=O) groups excluding carboxylic acids is 2. The van der Waals surface area contributed by atoms with E-state index in [0.29, 0.717) is 26.1 Å². The number of esters is 2. The lowest BCUT2D eigenvalue weighted by Gasteiger charge is -2.13. The third-order valence-corrected chi connectivity index (χ3v) is 5.25. The van der Waals surface area contributed by atoms with Crippen LogP contribution < -0.4 is 11.1 Å². The second-order valence-electron chi connectivity index (χ2n) is 7.97. The van der Waals surface area contributed by atoms with Gasteiger partial charge in [-0.25, -0.2) is 0 Å². The molecule has 0 aliphatic carbocycles. The van der Waals surface area contributed by atoms with Crippen molar-refractivity contribution in [2.24, 2.45) is 5.73 Å². The van der Waals surface area contributed by atoms with Gasteiger partial charge in [0.15, 0.2) is 0 Å². The number of rotatable bonds is 17. The van der Waals surface area contributed by atoms with Gasteiger partial charge in [-0.2, -0.15) is 0 Å². The predicted octanol–water partition coefficient (Wildman–Crippen LogP) is 3.85. The van der Waals surface area contributed by atoms with Crippen LogP contribution >= 0.6 is 0 Å². The molecule has 0 aromatic heterocycles. The molecule has 0 amide bonds. The maximum absolute atomic E-state index is 11.8. The summed E-state index contributed by atoms with van der Waals surface area (Å²) in [7, 11) is 0. The molecule has 1 aliphatic rings. The molecule has 6 nitrogen and oxygen atoms in total. The van der Waals surface area contributed by atoms with E-state index in [1.54, 1.807) is 0 Å². The Morgan fingerprint density at radius 1 is 0.964 bits per heavy atom. The monoisotopic (exact) mass is 398 g/mol. The van der Waals surface area contributed by atoms with E-state index in [9.17, 15) is 9.59 Å². The molecule has 1 fully saturated rings. The van der Waals surface area contributed by atoms with Crippen molar-refractivity contribution in [3.63, 3.8) is 0 Å². The quantitative estimate of drug-likeness (QED) is 0.286. The van der Waals surface area contributed by atoms with Gasteiger partial charge >= 0.3 is 11.9 Å². The van der Waals surface area contributed by atoms with Crippen LogP contribution in [0.25, 0.3) is 0 Å². The predicted molar refractivity (Wildman–Crippen MR) is 112 cm³/mol. The van der Waals surface area contributed by atoms with Crippen LogP contribution in [0.2, 0.25) is 0 Å². The smallest absolute Gasteiger partial charge is 0.323 e. The molecule has 1 saturated heterocycles. The van der Waals surface area contributed by atoms with E-state index in [0.717, 1.165) is 32.2 Å². The highest BCUT2D eigenvalue weighted by atomic mass is 16.5. The first-order chi connectivity index (χ1) is 13.6. The topological polar surface area (TPSA) is 90.7 Å². The van der Waals surface area contributed by atoms with Crippen LogP contribution in [0.1, 0.15) is 96.8 Å². The summed E-state index contributed by atoms with van der Waals surface area (Å²) in [5.41, 5.74) is 5.98. The molecule has 0 radical (unpaired) electrons. The highest BCUT2D eigenvalue weighted by Crippen LogP contribution is 2.10. The molecular formula is C22H42N2O4. The Bertz CT molecular complexity index is 411. The van der Waals surface area contributed by atoms with Crippen LogP contribution in [0.4, 0.5) is 0 Å². The molecule has 3 N–H and O–H groups in total. The van der Waals surface area contributed by atoms with Crippen molar-refractivity contribution >= 4 is 11.9 Å². The van der Waals surface area contributed by atoms with Crippen molar-refractivity contribution < 1.29 is 19.1 Å². The molecular weight excluding hydrogens is 356 g/mol. The summed E-state index contributed by atoms with van der Waals surface area (Å²) < 4.78 is 10.5. The van der Waals surface area contributed by atoms with E-state index in [1.165, 1.54) is 44.9 Å². The number of carbonyl (C=O) groups is 2. The maximum Gasteiger partial charge on any atom is 0.323 e. The Morgan fingerprint density at radius 2 is 1.61 bits per heavy atom. The Balaban J connectivity index is 1.88. The van der Waals surface area contributed by atoms with Crippen molar-refractivity contribution in [3.8, 4) is 0 Å².